The Balaban J connectivity index is 2.10. The van der Waals surface area contributed by atoms with E-state index < -0.39 is 5.54 Å². The molecule has 7 heteroatoms. The van der Waals surface area contributed by atoms with Crippen molar-refractivity contribution in [1.82, 2.24) is 5.32 Å². The highest BCUT2D eigenvalue weighted by Crippen LogP contribution is 2.42. The molecule has 0 unspecified atom stereocenters. The highest BCUT2D eigenvalue weighted by molar-refractivity contribution is 9.10. The minimum atomic E-state index is -0.572. The molecule has 3 nitrogen and oxygen atoms in total. The fourth-order valence-electron chi connectivity index (χ4n) is 2.63. The number of ether oxygens (including phenoxy) is 1. The lowest BCUT2D eigenvalue weighted by atomic mass is 9.81. The van der Waals surface area contributed by atoms with Crippen LogP contribution in [0.2, 0.25) is 0 Å². The molecule has 3 rings (SSSR count). The minimum absolute atomic E-state index is 0.201. The van der Waals surface area contributed by atoms with Crippen LogP contribution < -0.4 is 5.32 Å². The van der Waals surface area contributed by atoms with Crippen molar-refractivity contribution in [2.75, 3.05) is 19.0 Å². The second kappa shape index (κ2) is 5.11. The quantitative estimate of drug-likeness (QED) is 0.796. The van der Waals surface area contributed by atoms with Crippen LogP contribution in [0, 0.1) is 11.7 Å². The second-order valence-corrected chi connectivity index (χ2v) is 6.60. The molecule has 0 aliphatic carbocycles. The van der Waals surface area contributed by atoms with Gasteiger partial charge in [-0.05, 0) is 18.2 Å². The van der Waals surface area contributed by atoms with E-state index in [2.05, 4.69) is 26.2 Å². The normalized spacial score (nSPS) is 32.1. The molecule has 98 valence electrons. The molecule has 2 aliphatic rings. The number of halogens is 2. The summed E-state index contributed by atoms with van der Waals surface area (Å²) in [6.45, 7) is 1.04. The molecular weight excluding hydrogens is 330 g/mol. The van der Waals surface area contributed by atoms with Gasteiger partial charge < -0.3 is 15.0 Å². The molecule has 2 radical (unpaired) electrons. The van der Waals surface area contributed by atoms with Crippen LogP contribution in [0.5, 0.6) is 0 Å². The van der Waals surface area contributed by atoms with Gasteiger partial charge >= 0.3 is 0 Å². The van der Waals surface area contributed by atoms with E-state index >= 15 is 0 Å². The van der Waals surface area contributed by atoms with E-state index in [0.717, 1.165) is 10.2 Å². The molecule has 2 saturated heterocycles. The maximum absolute atomic E-state index is 14.2. The summed E-state index contributed by atoms with van der Waals surface area (Å²) in [5.41, 5.74) is 0.0305. The van der Waals surface area contributed by atoms with Gasteiger partial charge in [-0.25, -0.2) is 4.39 Å². The highest BCUT2D eigenvalue weighted by atomic mass is 79.9. The van der Waals surface area contributed by atoms with Gasteiger partial charge in [0.1, 0.15) is 11.0 Å². The van der Waals surface area contributed by atoms with Crippen molar-refractivity contribution < 1.29 is 9.13 Å². The zero-order valence-electron chi connectivity index (χ0n) is 10.0. The van der Waals surface area contributed by atoms with Crippen molar-refractivity contribution in [3.63, 3.8) is 0 Å². The van der Waals surface area contributed by atoms with Gasteiger partial charge in [-0.2, -0.15) is 0 Å². The lowest BCUT2D eigenvalue weighted by Crippen LogP contribution is -2.54. The third-order valence-electron chi connectivity index (χ3n) is 3.62. The van der Waals surface area contributed by atoms with E-state index in [1.807, 2.05) is 0 Å². The Morgan fingerprint density at radius 1 is 1.58 bits per heavy atom. The molecule has 2 atom stereocenters. The Bertz CT molecular complexity index is 544. The first-order chi connectivity index (χ1) is 9.15. The predicted molar refractivity (Wildman–Crippen MR) is 78.9 cm³/mol. The summed E-state index contributed by atoms with van der Waals surface area (Å²) in [4.78, 5) is 3.71. The average Bonchev–Trinajstić information content (AvgIpc) is 2.85. The van der Waals surface area contributed by atoms with Gasteiger partial charge in [-0.1, -0.05) is 27.7 Å². The van der Waals surface area contributed by atoms with Crippen molar-refractivity contribution >= 4 is 40.8 Å². The Hall–Kier alpha value is -0.525. The van der Waals surface area contributed by atoms with E-state index in [1.54, 1.807) is 23.9 Å². The first kappa shape index (κ1) is 13.5. The number of nitrogens with one attached hydrogen (secondary N) is 1. The number of hydrogen-bond acceptors (Lipinski definition) is 3. The van der Waals surface area contributed by atoms with Crippen molar-refractivity contribution in [1.29, 1.82) is 0 Å². The molecule has 19 heavy (non-hydrogen) atoms. The molecule has 0 aromatic heterocycles. The van der Waals surface area contributed by atoms with Crippen LogP contribution in [-0.2, 0) is 10.3 Å². The van der Waals surface area contributed by atoms with Gasteiger partial charge in [0.25, 0.3) is 7.98 Å². The van der Waals surface area contributed by atoms with E-state index in [0.29, 0.717) is 23.9 Å². The first-order valence-corrected chi connectivity index (χ1v) is 7.66. The van der Waals surface area contributed by atoms with Crippen molar-refractivity contribution in [2.45, 2.75) is 5.54 Å². The number of amidine groups is 1. The topological polar surface area (TPSA) is 33.6 Å². The maximum Gasteiger partial charge on any atom is 0.263 e. The zero-order valence-corrected chi connectivity index (χ0v) is 12.4. The summed E-state index contributed by atoms with van der Waals surface area (Å²) in [5, 5.41) is 3.89. The standard InChI is InChI=1S/C12H11BBrFN2OS/c13-17-11-16-12(6-18-4-7(12)5-19-11)9-3-8(14)1-2-10(9)15/h1-3,7H,4-6H2,(H,16,17)/t7-,12-/m1/s1. The largest absolute Gasteiger partial charge is 0.378 e. The average molecular weight is 341 g/mol. The third kappa shape index (κ3) is 2.21. The van der Waals surface area contributed by atoms with Crippen LogP contribution in [0.4, 0.5) is 4.39 Å². The predicted octanol–water partition coefficient (Wildman–Crippen LogP) is 2.21. The fraction of sp³-hybridized carbons (Fsp3) is 0.417. The van der Waals surface area contributed by atoms with Crippen molar-refractivity contribution in [3.05, 3.63) is 34.1 Å². The summed E-state index contributed by atoms with van der Waals surface area (Å²) in [6.07, 6.45) is 0. The summed E-state index contributed by atoms with van der Waals surface area (Å²) >= 11 is 4.94. The van der Waals surface area contributed by atoms with Crippen molar-refractivity contribution in [3.8, 4) is 0 Å². The lowest BCUT2D eigenvalue weighted by Gasteiger charge is -2.40. The zero-order chi connectivity index (χ0) is 13.5. The minimum Gasteiger partial charge on any atom is -0.378 e. The highest BCUT2D eigenvalue weighted by Gasteiger charge is 2.50. The molecule has 2 fully saturated rings. The van der Waals surface area contributed by atoms with Crippen LogP contribution in [0.3, 0.4) is 0 Å². The van der Waals surface area contributed by atoms with Gasteiger partial charge in [0.15, 0.2) is 0 Å². The Labute approximate surface area is 124 Å². The fourth-order valence-corrected chi connectivity index (χ4v) is 4.06. The summed E-state index contributed by atoms with van der Waals surface area (Å²) < 4.78 is 20.6. The number of benzene rings is 1. The van der Waals surface area contributed by atoms with Crippen LogP contribution in [0.1, 0.15) is 5.56 Å². The molecule has 2 aliphatic heterocycles. The number of rotatable bonds is 1. The van der Waals surface area contributed by atoms with Crippen LogP contribution >= 0.6 is 27.7 Å². The lowest BCUT2D eigenvalue weighted by molar-refractivity contribution is 0.172. The molecule has 0 saturated carbocycles. The molecule has 1 aromatic carbocycles. The van der Waals surface area contributed by atoms with E-state index in [9.17, 15) is 4.39 Å². The molecule has 1 N–H and O–H groups in total. The molecule has 0 spiro atoms. The summed E-state index contributed by atoms with van der Waals surface area (Å²) in [6, 6.07) is 4.95. The Morgan fingerprint density at radius 3 is 3.21 bits per heavy atom. The van der Waals surface area contributed by atoms with E-state index in [1.165, 1.54) is 6.07 Å². The molecule has 2 heterocycles. The second-order valence-electron chi connectivity index (χ2n) is 4.68. The maximum atomic E-state index is 14.2. The van der Waals surface area contributed by atoms with Gasteiger partial charge in [-0.3, -0.25) is 0 Å². The number of hydrogen-bond donors (Lipinski definition) is 1. The monoisotopic (exact) mass is 340 g/mol. The van der Waals surface area contributed by atoms with Crippen molar-refractivity contribution in [2.24, 2.45) is 10.8 Å². The van der Waals surface area contributed by atoms with Gasteiger partial charge in [0.05, 0.1) is 18.8 Å². The molecular formula is C12H11BBrFN2OS. The number of fused-ring (bicyclic) bond motifs is 1. The van der Waals surface area contributed by atoms with E-state index in [-0.39, 0.29) is 11.7 Å². The van der Waals surface area contributed by atoms with Crippen LogP contribution in [0.25, 0.3) is 0 Å². The molecule has 0 bridgehead atoms. The number of thioether (sulfide) groups is 1. The smallest absolute Gasteiger partial charge is 0.263 e. The van der Waals surface area contributed by atoms with Crippen LogP contribution in [0.15, 0.2) is 27.6 Å². The number of nitrogens with zero attached hydrogens (tertiary/aromatic N) is 1. The molecule has 1 aromatic rings. The van der Waals surface area contributed by atoms with Gasteiger partial charge in [0.2, 0.25) is 0 Å². The molecule has 0 amide bonds. The van der Waals surface area contributed by atoms with Crippen LogP contribution in [-0.4, -0.2) is 32.1 Å². The summed E-state index contributed by atoms with van der Waals surface area (Å²) in [5.74, 6) is 0.774. The SMILES string of the molecule is [B]N=C1N[C@]2(c3cc(Br)ccc3F)COC[C@@H]2CS1. The summed E-state index contributed by atoms with van der Waals surface area (Å²) in [7, 11) is 5.35. The Kier molecular flexibility index (Phi) is 3.62. The van der Waals surface area contributed by atoms with Gasteiger partial charge in [0, 0.05) is 21.7 Å². The van der Waals surface area contributed by atoms with Gasteiger partial charge in [-0.15, -0.1) is 0 Å². The third-order valence-corrected chi connectivity index (χ3v) is 5.17. The first-order valence-electron chi connectivity index (χ1n) is 5.88. The van der Waals surface area contributed by atoms with E-state index in [4.69, 9.17) is 12.7 Å². The Morgan fingerprint density at radius 2 is 2.42 bits per heavy atom.